The number of aryl methyl sites for hydroxylation is 1. The zero-order valence-corrected chi connectivity index (χ0v) is 11.5. The zero-order chi connectivity index (χ0) is 13.7. The van der Waals surface area contributed by atoms with Crippen LogP contribution in [0.15, 0.2) is 12.4 Å². The Kier molecular flexibility index (Phi) is 4.96. The SMILES string of the molecule is Cn1cc(CCNCC2CCC(C(=O)O)CC2)cn1. The smallest absolute Gasteiger partial charge is 0.306 e. The van der Waals surface area contributed by atoms with Gasteiger partial charge >= 0.3 is 5.97 Å². The summed E-state index contributed by atoms with van der Waals surface area (Å²) < 4.78 is 1.82. The second-order valence-electron chi connectivity index (χ2n) is 5.53. The van der Waals surface area contributed by atoms with Crippen molar-refractivity contribution in [2.24, 2.45) is 18.9 Å². The molecule has 1 aliphatic carbocycles. The average molecular weight is 265 g/mol. The molecule has 1 saturated carbocycles. The minimum Gasteiger partial charge on any atom is -0.481 e. The lowest BCUT2D eigenvalue weighted by molar-refractivity contribution is -0.143. The van der Waals surface area contributed by atoms with Crippen LogP contribution in [0.25, 0.3) is 0 Å². The van der Waals surface area contributed by atoms with Gasteiger partial charge in [-0.3, -0.25) is 9.48 Å². The number of hydrogen-bond donors (Lipinski definition) is 2. The van der Waals surface area contributed by atoms with E-state index in [1.54, 1.807) is 0 Å². The molecule has 1 aromatic heterocycles. The molecular weight excluding hydrogens is 242 g/mol. The van der Waals surface area contributed by atoms with Gasteiger partial charge in [-0.25, -0.2) is 0 Å². The van der Waals surface area contributed by atoms with E-state index in [1.807, 2.05) is 24.1 Å². The van der Waals surface area contributed by atoms with Crippen LogP contribution in [0.4, 0.5) is 0 Å². The molecule has 1 heterocycles. The van der Waals surface area contributed by atoms with Gasteiger partial charge in [-0.2, -0.15) is 5.10 Å². The lowest BCUT2D eigenvalue weighted by atomic mass is 9.82. The number of nitrogens with zero attached hydrogens (tertiary/aromatic N) is 2. The number of carboxylic acids is 1. The zero-order valence-electron chi connectivity index (χ0n) is 11.5. The van der Waals surface area contributed by atoms with Crippen molar-refractivity contribution in [2.75, 3.05) is 13.1 Å². The molecule has 1 fully saturated rings. The Morgan fingerprint density at radius 2 is 2.21 bits per heavy atom. The normalized spacial score (nSPS) is 23.4. The van der Waals surface area contributed by atoms with Crippen LogP contribution in [0.5, 0.6) is 0 Å². The lowest BCUT2D eigenvalue weighted by Crippen LogP contribution is -2.29. The first kappa shape index (κ1) is 14.1. The van der Waals surface area contributed by atoms with Crippen LogP contribution in [0, 0.1) is 11.8 Å². The Balaban J connectivity index is 1.58. The quantitative estimate of drug-likeness (QED) is 0.764. The van der Waals surface area contributed by atoms with Crippen molar-refractivity contribution >= 4 is 5.97 Å². The third-order valence-electron chi connectivity index (χ3n) is 3.98. The van der Waals surface area contributed by atoms with E-state index in [0.717, 1.165) is 45.2 Å². The molecule has 0 saturated heterocycles. The molecule has 0 atom stereocenters. The maximum Gasteiger partial charge on any atom is 0.306 e. The molecule has 1 aromatic rings. The number of carbonyl (C=O) groups is 1. The molecule has 0 amide bonds. The van der Waals surface area contributed by atoms with Crippen molar-refractivity contribution in [3.63, 3.8) is 0 Å². The fraction of sp³-hybridized carbons (Fsp3) is 0.714. The summed E-state index contributed by atoms with van der Waals surface area (Å²) in [5.41, 5.74) is 1.25. The molecule has 1 aliphatic rings. The fourth-order valence-corrected chi connectivity index (χ4v) is 2.75. The molecule has 0 aromatic carbocycles. The first-order chi connectivity index (χ1) is 9.15. The van der Waals surface area contributed by atoms with Gasteiger partial charge in [0, 0.05) is 13.2 Å². The Morgan fingerprint density at radius 3 is 2.79 bits per heavy atom. The van der Waals surface area contributed by atoms with Gasteiger partial charge in [0.25, 0.3) is 0 Å². The monoisotopic (exact) mass is 265 g/mol. The van der Waals surface area contributed by atoms with Gasteiger partial charge in [-0.05, 0) is 56.7 Å². The van der Waals surface area contributed by atoms with Gasteiger partial charge in [0.1, 0.15) is 0 Å². The van der Waals surface area contributed by atoms with Crippen molar-refractivity contribution in [2.45, 2.75) is 32.1 Å². The molecule has 0 unspecified atom stereocenters. The summed E-state index contributed by atoms with van der Waals surface area (Å²) in [6, 6.07) is 0. The van der Waals surface area contributed by atoms with E-state index >= 15 is 0 Å². The van der Waals surface area contributed by atoms with Crippen LogP contribution < -0.4 is 5.32 Å². The second kappa shape index (κ2) is 6.70. The summed E-state index contributed by atoms with van der Waals surface area (Å²) in [6.07, 6.45) is 8.69. The van der Waals surface area contributed by atoms with Crippen molar-refractivity contribution in [3.05, 3.63) is 18.0 Å². The summed E-state index contributed by atoms with van der Waals surface area (Å²) in [5.74, 6) is -0.0841. The van der Waals surface area contributed by atoms with E-state index in [4.69, 9.17) is 5.11 Å². The van der Waals surface area contributed by atoms with Crippen molar-refractivity contribution < 1.29 is 9.90 Å². The summed E-state index contributed by atoms with van der Waals surface area (Å²) in [7, 11) is 1.93. The third-order valence-corrected chi connectivity index (χ3v) is 3.98. The van der Waals surface area contributed by atoms with Crippen LogP contribution in [-0.4, -0.2) is 33.9 Å². The molecule has 5 nitrogen and oxygen atoms in total. The van der Waals surface area contributed by atoms with E-state index in [2.05, 4.69) is 10.4 Å². The summed E-state index contributed by atoms with van der Waals surface area (Å²) in [6.45, 7) is 1.97. The number of carboxylic acid groups (broad SMARTS) is 1. The van der Waals surface area contributed by atoms with Crippen LogP contribution in [0.2, 0.25) is 0 Å². The Labute approximate surface area is 114 Å². The molecule has 2 N–H and O–H groups in total. The third kappa shape index (κ3) is 4.35. The number of rotatable bonds is 6. The van der Waals surface area contributed by atoms with Crippen LogP contribution in [0.3, 0.4) is 0 Å². The van der Waals surface area contributed by atoms with E-state index in [9.17, 15) is 4.79 Å². The number of aliphatic carboxylic acids is 1. The molecule has 0 radical (unpaired) electrons. The molecule has 106 valence electrons. The van der Waals surface area contributed by atoms with Gasteiger partial charge in [-0.15, -0.1) is 0 Å². The summed E-state index contributed by atoms with van der Waals surface area (Å²) in [5, 5.41) is 16.6. The van der Waals surface area contributed by atoms with Crippen molar-refractivity contribution in [3.8, 4) is 0 Å². The largest absolute Gasteiger partial charge is 0.481 e. The Bertz CT molecular complexity index is 409. The predicted molar refractivity (Wildman–Crippen MR) is 72.9 cm³/mol. The fourth-order valence-electron chi connectivity index (χ4n) is 2.75. The molecular formula is C14H23N3O2. The molecule has 2 rings (SSSR count). The number of hydrogen-bond acceptors (Lipinski definition) is 3. The van der Waals surface area contributed by atoms with E-state index in [-0.39, 0.29) is 5.92 Å². The van der Waals surface area contributed by atoms with Crippen molar-refractivity contribution in [1.29, 1.82) is 0 Å². The van der Waals surface area contributed by atoms with E-state index < -0.39 is 5.97 Å². The average Bonchev–Trinajstić information content (AvgIpc) is 2.81. The highest BCUT2D eigenvalue weighted by atomic mass is 16.4. The maximum atomic E-state index is 10.9. The second-order valence-corrected chi connectivity index (χ2v) is 5.53. The summed E-state index contributed by atoms with van der Waals surface area (Å²) in [4.78, 5) is 10.9. The minimum absolute atomic E-state index is 0.105. The van der Waals surface area contributed by atoms with E-state index in [1.165, 1.54) is 5.56 Å². The van der Waals surface area contributed by atoms with E-state index in [0.29, 0.717) is 5.92 Å². The summed E-state index contributed by atoms with van der Waals surface area (Å²) >= 11 is 0. The lowest BCUT2D eigenvalue weighted by Gasteiger charge is -2.26. The standard InChI is InChI=1S/C14H23N3O2/c1-17-10-12(9-16-17)6-7-15-8-11-2-4-13(5-3-11)14(18)19/h9-11,13,15H,2-8H2,1H3,(H,18,19). The molecule has 0 bridgehead atoms. The number of nitrogens with one attached hydrogen (secondary N) is 1. The van der Waals surface area contributed by atoms with Crippen LogP contribution in [0.1, 0.15) is 31.2 Å². The maximum absolute atomic E-state index is 10.9. The van der Waals surface area contributed by atoms with Crippen molar-refractivity contribution in [1.82, 2.24) is 15.1 Å². The van der Waals surface area contributed by atoms with Crippen LogP contribution in [-0.2, 0) is 18.3 Å². The molecule has 19 heavy (non-hydrogen) atoms. The number of aromatic nitrogens is 2. The highest BCUT2D eigenvalue weighted by molar-refractivity contribution is 5.69. The topological polar surface area (TPSA) is 67.2 Å². The Hall–Kier alpha value is -1.36. The molecule has 0 aliphatic heterocycles. The first-order valence-electron chi connectivity index (χ1n) is 7.06. The molecule has 0 spiro atoms. The van der Waals surface area contributed by atoms with Gasteiger partial charge in [-0.1, -0.05) is 0 Å². The van der Waals surface area contributed by atoms with Gasteiger partial charge < -0.3 is 10.4 Å². The predicted octanol–water partition coefficient (Wildman–Crippen LogP) is 1.44. The molecule has 5 heteroatoms. The highest BCUT2D eigenvalue weighted by Gasteiger charge is 2.25. The minimum atomic E-state index is -0.622. The van der Waals surface area contributed by atoms with Gasteiger partial charge in [0.15, 0.2) is 0 Å². The van der Waals surface area contributed by atoms with Gasteiger partial charge in [0.2, 0.25) is 0 Å². The Morgan fingerprint density at radius 1 is 1.47 bits per heavy atom. The van der Waals surface area contributed by atoms with Gasteiger partial charge in [0.05, 0.1) is 12.1 Å². The van der Waals surface area contributed by atoms with Crippen LogP contribution >= 0.6 is 0 Å². The first-order valence-corrected chi connectivity index (χ1v) is 7.06. The highest BCUT2D eigenvalue weighted by Crippen LogP contribution is 2.28.